The van der Waals surface area contributed by atoms with E-state index in [9.17, 15) is 0 Å². The van der Waals surface area contributed by atoms with Gasteiger partial charge < -0.3 is 6.92 Å². The molecule has 98 heavy (non-hydrogen) atoms. The van der Waals surface area contributed by atoms with Gasteiger partial charge in [0.2, 0.25) is 0 Å². The Labute approximate surface area is 636 Å². The predicted molar refractivity (Wildman–Crippen MR) is 441 cm³/mol. The Hall–Kier alpha value is -0.567. The molecule has 7 fully saturated rings. The number of hydrogen-bond acceptors (Lipinski definition) is 9. The first-order chi connectivity index (χ1) is 44.9. The molecule has 6 bridgehead atoms. The standard InChI is InChI=1S/C26H43ClGeN3P.C26H44GeN3P.C26H42N3P.C4H9.Li/c1-17-14-18(2)22(19(3)15-17)31(28-27)23-20-10-11-21(16-20)24(23)32-29(25(4,5)6)12-13-30(32)26(7,8)9;1-17-14-18(2)22(19(3)15-17)30(27)23-20-10-11-21(16-20)24(23)31-28(25(4,5)6)12-13-29(31)26(7,8)9;1-17-14-18(2)22(19(3)15-17)27-23-20-10-11-21(16-20)24(23)30-28(25(4,5)6)12-13-29(30)26(7,8)9;1-3-4-2;/h14-15,20-21H,10-13,16,28H2,1-9H3;14-15,20-21H,10-13,16H2,1-9,27H3;14-15,20-21,24H,10-13,16H2,1-9H3;1,3-4H2,2H3;/q2*-1;;-1;+1/p+2. The molecule has 16 heteroatoms. The summed E-state index contributed by atoms with van der Waals surface area (Å²) in [4.78, 5) is 5.52. The van der Waals surface area contributed by atoms with E-state index in [4.69, 9.17) is 15.0 Å². The molecule has 9 aliphatic rings. The molecule has 7 atom stereocenters. The minimum absolute atomic E-state index is 0. The molecule has 0 spiro atoms. The monoisotopic (exact) mass is 1530 g/mol. The summed E-state index contributed by atoms with van der Waals surface area (Å²) >= 11 is -0.814. The van der Waals surface area contributed by atoms with Crippen LogP contribution in [0.2, 0.25) is 0 Å². The van der Waals surface area contributed by atoms with Gasteiger partial charge in [0.15, 0.2) is 0 Å². The second-order valence-electron chi connectivity index (χ2n) is 37.3. The number of rotatable bonds is 10. The van der Waals surface area contributed by atoms with Crippen molar-refractivity contribution in [2.24, 2.45) is 40.5 Å². The third-order valence-corrected chi connectivity index (χ3v) is 39.9. The van der Waals surface area contributed by atoms with Crippen LogP contribution < -0.4 is 26.6 Å². The number of hydrogen-bond donors (Lipinski definition) is 0. The van der Waals surface area contributed by atoms with Crippen molar-refractivity contribution >= 4 is 88.9 Å². The quantitative estimate of drug-likeness (QED) is 0.113. The van der Waals surface area contributed by atoms with E-state index in [0.29, 0.717) is 34.2 Å². The van der Waals surface area contributed by atoms with E-state index < -0.39 is 31.2 Å². The SMILES string of the molecule is Cc1cc(C)c(N=C2C3CCC(C3)C2P2N(C(C)(C)C)CCN2C(C)(C)C)c(C)c1.Cc1cc(C)c([N]([GeH2-][Cl])C2=C([PH+]3N(C(C)(C)C)CCN3C(C)(C)C)C3CCC2C3)c(C)c1.Cc1cc(C)c([N]([GeH3-])C2=C([PH+]3N(C(C)(C)C)CCN3C(C)(C)C)C3CCC2C3)c(C)c1.[CH2-]CCC.[Li+]. The molecule has 3 saturated heterocycles. The van der Waals surface area contributed by atoms with E-state index in [-0.39, 0.29) is 60.3 Å². The van der Waals surface area contributed by atoms with Gasteiger partial charge in [-0.05, 0) is 105 Å². The number of halogens is 1. The number of anilines is 2. The summed E-state index contributed by atoms with van der Waals surface area (Å²) in [7, 11) is 4.71. The molecule has 0 aromatic heterocycles. The Morgan fingerprint density at radius 1 is 0.490 bits per heavy atom. The summed E-state index contributed by atoms with van der Waals surface area (Å²) in [6.45, 7) is 76.9. The minimum Gasteiger partial charge on any atom is -0.343 e. The Balaban J connectivity index is 0.000000181. The fourth-order valence-corrected chi connectivity index (χ4v) is 38.4. The van der Waals surface area contributed by atoms with Crippen molar-refractivity contribution in [3.8, 4) is 0 Å². The van der Waals surface area contributed by atoms with Crippen LogP contribution in [0.5, 0.6) is 0 Å². The van der Waals surface area contributed by atoms with Crippen molar-refractivity contribution in [2.75, 3.05) is 47.0 Å². The molecule has 544 valence electrons. The average Bonchev–Trinajstić information content (AvgIpc) is 1.57. The molecule has 0 radical (unpaired) electrons. The van der Waals surface area contributed by atoms with Crippen molar-refractivity contribution in [2.45, 2.75) is 303 Å². The molecule has 3 heterocycles. The maximum absolute atomic E-state index is 6.99. The molecule has 9 nitrogen and oxygen atoms in total. The Kier molecular flexibility index (Phi) is 27.2. The van der Waals surface area contributed by atoms with Gasteiger partial charge in [0.25, 0.3) is 0 Å². The van der Waals surface area contributed by atoms with Crippen LogP contribution in [0.25, 0.3) is 0 Å². The Morgan fingerprint density at radius 2 is 0.827 bits per heavy atom. The molecule has 3 aromatic carbocycles. The fourth-order valence-electron chi connectivity index (χ4n) is 19.3. The minimum atomic E-state index is -1.41. The van der Waals surface area contributed by atoms with Crippen LogP contribution in [0.1, 0.15) is 252 Å². The van der Waals surface area contributed by atoms with E-state index in [1.165, 1.54) is 176 Å². The van der Waals surface area contributed by atoms with Crippen molar-refractivity contribution in [3.63, 3.8) is 0 Å². The second-order valence-corrected chi connectivity index (χ2v) is 49.0. The molecule has 6 aliphatic carbocycles. The van der Waals surface area contributed by atoms with Gasteiger partial charge in [-0.1, -0.05) is 31.0 Å². The van der Waals surface area contributed by atoms with Crippen molar-refractivity contribution in [1.82, 2.24) is 28.0 Å². The fraction of sp³-hybridized carbons (Fsp3) is 0.707. The van der Waals surface area contributed by atoms with Crippen molar-refractivity contribution in [1.29, 1.82) is 0 Å². The summed E-state index contributed by atoms with van der Waals surface area (Å²) in [5.74, 6) is 4.60. The molecule has 0 amide bonds. The molecular formula is C82H140ClGe2LiN9P3. The van der Waals surface area contributed by atoms with Gasteiger partial charge in [-0.3, -0.25) is 14.3 Å². The number of fused-ring (bicyclic) bond motifs is 6. The van der Waals surface area contributed by atoms with Gasteiger partial charge in [-0.2, -0.15) is 6.42 Å². The number of nitrogens with zero attached hydrogens (tertiary/aromatic N) is 9. The van der Waals surface area contributed by atoms with Crippen LogP contribution in [0.4, 0.5) is 17.1 Å². The number of unbranched alkanes of at least 4 members (excludes halogenated alkanes) is 1. The first-order valence-corrected chi connectivity index (χ1v) is 49.5. The van der Waals surface area contributed by atoms with Crippen LogP contribution in [0.15, 0.2) is 63.4 Å². The Morgan fingerprint density at radius 3 is 1.18 bits per heavy atom. The number of aryl methyl sites for hydroxylation is 9. The first kappa shape index (κ1) is 83.1. The largest absolute Gasteiger partial charge is 1.00 e. The molecule has 4 saturated carbocycles. The van der Waals surface area contributed by atoms with Gasteiger partial charge in [0, 0.05) is 43.8 Å². The summed E-state index contributed by atoms with van der Waals surface area (Å²) in [6.07, 6.45) is 14.7. The summed E-state index contributed by atoms with van der Waals surface area (Å²) in [5, 5.41) is 3.70. The first-order valence-electron chi connectivity index (χ1n) is 38.3. The van der Waals surface area contributed by atoms with Gasteiger partial charge in [0.05, 0.1) is 5.69 Å². The smallest absolute Gasteiger partial charge is 0.343 e. The maximum atomic E-state index is 6.99. The zero-order chi connectivity index (χ0) is 71.9. The van der Waals surface area contributed by atoms with Crippen molar-refractivity contribution < 1.29 is 18.9 Å². The van der Waals surface area contributed by atoms with Crippen molar-refractivity contribution in [3.05, 3.63) is 115 Å². The third-order valence-electron chi connectivity index (χ3n) is 23.2. The van der Waals surface area contributed by atoms with Crippen LogP contribution in [-0.2, 0) is 0 Å². The number of allylic oxidation sites excluding steroid dienone is 4. The third kappa shape index (κ3) is 17.5. The molecular weight excluding hydrogens is 1390 g/mol. The second kappa shape index (κ2) is 32.1. The van der Waals surface area contributed by atoms with E-state index in [0.717, 1.165) is 30.1 Å². The zero-order valence-corrected chi connectivity index (χ0v) is 79.1. The van der Waals surface area contributed by atoms with Gasteiger partial charge in [-0.25, -0.2) is 0 Å². The van der Waals surface area contributed by atoms with E-state index in [1.807, 2.05) is 10.6 Å². The van der Waals surface area contributed by atoms with E-state index >= 15 is 0 Å². The molecule has 7 unspecified atom stereocenters. The Bertz CT molecular complexity index is 3260. The normalized spacial score (nSPS) is 26.2. The summed E-state index contributed by atoms with van der Waals surface area (Å²) in [6, 6.07) is 14.1. The van der Waals surface area contributed by atoms with Crippen LogP contribution in [-0.4, -0.2) is 143 Å². The van der Waals surface area contributed by atoms with Gasteiger partial charge in [0.1, 0.15) is 0 Å². The van der Waals surface area contributed by atoms with E-state index in [1.54, 1.807) is 11.4 Å². The molecule has 0 N–H and O–H groups in total. The topological polar surface area (TPSA) is 38.3 Å². The molecule has 3 aromatic rings. The average molecular weight is 1530 g/mol. The van der Waals surface area contributed by atoms with E-state index in [2.05, 4.69) is 273 Å². The zero-order valence-electron chi connectivity index (χ0n) is 68.3. The molecule has 12 rings (SSSR count). The predicted octanol–water partition coefficient (Wildman–Crippen LogP) is 17.8. The van der Waals surface area contributed by atoms with Gasteiger partial charge >= 0.3 is 429 Å². The van der Waals surface area contributed by atoms with Gasteiger partial charge in [-0.15, -0.1) is 0 Å². The maximum Gasteiger partial charge on any atom is 1.00 e. The van der Waals surface area contributed by atoms with Crippen LogP contribution in [0, 0.1) is 105 Å². The summed E-state index contributed by atoms with van der Waals surface area (Å²) in [5.41, 5.74) is 23.5. The number of benzene rings is 3. The van der Waals surface area contributed by atoms with Crippen LogP contribution in [0.3, 0.4) is 0 Å². The summed E-state index contributed by atoms with van der Waals surface area (Å²) < 4.78 is 22.8. The molecule has 3 aliphatic heterocycles. The van der Waals surface area contributed by atoms with Crippen LogP contribution >= 0.6 is 34.7 Å². The number of aliphatic imine (C=N–C) groups is 1.